The van der Waals surface area contributed by atoms with Crippen LogP contribution in [0.25, 0.3) is 0 Å². The van der Waals surface area contributed by atoms with Crippen molar-refractivity contribution in [2.75, 3.05) is 111 Å². The number of carboxylic acids is 1. The highest BCUT2D eigenvalue weighted by molar-refractivity contribution is 8.77. The predicted octanol–water partition coefficient (Wildman–Crippen LogP) is 2.05. The SMILES string of the molecule is C.C.CC(=O)OO.CCC(CSSCC(NC)C(=O)OC)C(=O)OC.CCC(CSSCC(NC)C(=O)OC)C(=O)OC.CNC(CS(=O)(=O)[O-])C(=O)OC.CNC(CS)C(=O)OC.O=C(O)CS.OO.[H+]. The van der Waals surface area contributed by atoms with Crippen LogP contribution in [0.4, 0.5) is 0 Å². The third-order valence-corrected chi connectivity index (χ3v) is 13.7. The summed E-state index contributed by atoms with van der Waals surface area (Å²) in [4.78, 5) is 88.4. The summed E-state index contributed by atoms with van der Waals surface area (Å²) < 4.78 is 58.1. The molecule has 71 heavy (non-hydrogen) atoms. The fraction of sp³-hybridized carbons (Fsp3) is 0.789. The first kappa shape index (κ1) is 88.1. The average molecular weight is 1170 g/mol. The molecule has 33 heteroatoms. The number of esters is 6. The summed E-state index contributed by atoms with van der Waals surface area (Å²) in [5, 5.41) is 37.8. The summed E-state index contributed by atoms with van der Waals surface area (Å²) in [7, 11) is 16.3. The molecule has 428 valence electrons. The van der Waals surface area contributed by atoms with Gasteiger partial charge in [0.05, 0.1) is 76.1 Å². The van der Waals surface area contributed by atoms with Crippen LogP contribution in [-0.4, -0.2) is 217 Å². The number of ether oxygens (including phenoxy) is 6. The molecule has 0 aliphatic carbocycles. The van der Waals surface area contributed by atoms with Crippen LogP contribution in [0.1, 0.15) is 49.9 Å². The second-order valence-electron chi connectivity index (χ2n) is 11.9. The van der Waals surface area contributed by atoms with Crippen LogP contribution in [0.15, 0.2) is 0 Å². The Bertz CT molecular complexity index is 1350. The van der Waals surface area contributed by atoms with E-state index in [0.29, 0.717) is 28.8 Å². The zero-order chi connectivity index (χ0) is 55.6. The molecule has 0 aromatic heterocycles. The van der Waals surface area contributed by atoms with Gasteiger partial charge in [-0.05, 0) is 41.0 Å². The lowest BCUT2D eigenvalue weighted by Gasteiger charge is -2.15. The Balaban J connectivity index is -0.0000000832. The van der Waals surface area contributed by atoms with Gasteiger partial charge in [-0.2, -0.15) is 30.5 Å². The molecule has 0 radical (unpaired) electrons. The third kappa shape index (κ3) is 58.3. The van der Waals surface area contributed by atoms with Crippen LogP contribution < -0.4 is 21.3 Å². The first-order valence-corrected chi connectivity index (χ1v) is 27.3. The second kappa shape index (κ2) is 61.8. The van der Waals surface area contributed by atoms with E-state index in [2.05, 4.69) is 70.4 Å². The average Bonchev–Trinajstić information content (AvgIpc) is 3.35. The molecule has 0 bridgehead atoms. The highest BCUT2D eigenvalue weighted by atomic mass is 33.1. The van der Waals surface area contributed by atoms with Gasteiger partial charge in [-0.3, -0.25) is 44.1 Å². The van der Waals surface area contributed by atoms with Crippen molar-refractivity contribution >= 4 is 126 Å². The molecule has 26 nitrogen and oxygen atoms in total. The van der Waals surface area contributed by atoms with E-state index in [1.807, 2.05) is 13.8 Å². The Labute approximate surface area is 447 Å². The van der Waals surface area contributed by atoms with Crippen LogP contribution in [0.5, 0.6) is 0 Å². The number of likely N-dealkylation sites (N-methyl/N-ethyl adjacent to an activating group) is 4. The summed E-state index contributed by atoms with van der Waals surface area (Å²) in [5.41, 5.74) is 0. The van der Waals surface area contributed by atoms with E-state index in [4.69, 9.17) is 30.4 Å². The Kier molecular flexibility index (Phi) is 76.7. The largest absolute Gasteiger partial charge is 1.00 e. The van der Waals surface area contributed by atoms with E-state index in [1.54, 1.807) is 64.3 Å². The van der Waals surface area contributed by atoms with Crippen molar-refractivity contribution in [3.63, 3.8) is 0 Å². The van der Waals surface area contributed by atoms with E-state index in [1.165, 1.54) is 42.6 Å². The van der Waals surface area contributed by atoms with Gasteiger partial charge in [0.2, 0.25) is 0 Å². The second-order valence-corrected chi connectivity index (χ2v) is 19.1. The summed E-state index contributed by atoms with van der Waals surface area (Å²) in [6.07, 6.45) is 1.51. The fourth-order valence-corrected chi connectivity index (χ4v) is 9.73. The predicted molar refractivity (Wildman–Crippen MR) is 285 cm³/mol. The maximum absolute atomic E-state index is 11.4. The lowest BCUT2D eigenvalue weighted by Crippen LogP contribution is -2.40. The molecule has 0 fully saturated rings. The third-order valence-electron chi connectivity index (χ3n) is 7.38. The van der Waals surface area contributed by atoms with E-state index < -0.39 is 39.8 Å². The molecule has 0 saturated heterocycles. The van der Waals surface area contributed by atoms with E-state index in [9.17, 15) is 51.3 Å². The number of thiol groups is 2. The Morgan fingerprint density at radius 3 is 0.972 bits per heavy atom. The number of carbonyl (C=O) groups excluding carboxylic acids is 7. The highest BCUT2D eigenvalue weighted by Gasteiger charge is 2.22. The quantitative estimate of drug-likeness (QED) is 0.00866. The lowest BCUT2D eigenvalue weighted by molar-refractivity contribution is -0.231. The summed E-state index contributed by atoms with van der Waals surface area (Å²) in [5.74, 6) is -1.52. The molecule has 0 heterocycles. The molecule has 0 amide bonds. The molecule has 0 aliphatic heterocycles. The molecule has 0 spiro atoms. The van der Waals surface area contributed by atoms with E-state index >= 15 is 0 Å². The van der Waals surface area contributed by atoms with Gasteiger partial charge < -0.3 is 64.2 Å². The molecule has 6 atom stereocenters. The number of carboxylic acid groups (broad SMARTS) is 1. The van der Waals surface area contributed by atoms with Gasteiger partial charge >= 0.3 is 49.2 Å². The van der Waals surface area contributed by atoms with E-state index in [-0.39, 0.29) is 81.8 Å². The first-order valence-electron chi connectivity index (χ1n) is 19.4. The molecule has 0 aliphatic rings. The van der Waals surface area contributed by atoms with Crippen LogP contribution in [0.2, 0.25) is 0 Å². The van der Waals surface area contributed by atoms with Gasteiger partial charge in [-0.15, -0.1) is 0 Å². The zero-order valence-corrected chi connectivity index (χ0v) is 46.8. The number of rotatable bonds is 26. The Morgan fingerprint density at radius 2 is 0.803 bits per heavy atom. The number of nitrogens with one attached hydrogen (secondary N) is 4. The van der Waals surface area contributed by atoms with Crippen molar-refractivity contribution in [3.05, 3.63) is 0 Å². The first-order chi connectivity index (χ1) is 32.4. The monoisotopic (exact) mass is 1170 g/mol. The molecule has 0 aromatic carbocycles. The smallest absolute Gasteiger partial charge is 0.748 e. The minimum absolute atomic E-state index is 0. The number of hydrogen-bond donors (Lipinski definition) is 10. The highest BCUT2D eigenvalue weighted by Crippen LogP contribution is 2.27. The molecule has 0 aromatic rings. The number of carbonyl (C=O) groups is 8. The maximum atomic E-state index is 11.4. The van der Waals surface area contributed by atoms with Gasteiger partial charge in [0, 0.05) is 35.7 Å². The van der Waals surface area contributed by atoms with Gasteiger partial charge in [-0.25, -0.2) is 13.2 Å². The van der Waals surface area contributed by atoms with E-state index in [0.717, 1.165) is 26.9 Å². The van der Waals surface area contributed by atoms with Gasteiger partial charge in [0.15, 0.2) is 0 Å². The summed E-state index contributed by atoms with van der Waals surface area (Å²) >= 11 is 7.34. The number of hydrogen-bond acceptors (Lipinski definition) is 31. The van der Waals surface area contributed by atoms with Crippen molar-refractivity contribution in [1.29, 1.82) is 0 Å². The Hall–Kier alpha value is -2.51. The van der Waals surface area contributed by atoms with Crippen LogP contribution >= 0.6 is 68.4 Å². The minimum Gasteiger partial charge on any atom is -0.748 e. The summed E-state index contributed by atoms with van der Waals surface area (Å²) in [6, 6.07) is -1.99. The van der Waals surface area contributed by atoms with Crippen molar-refractivity contribution in [3.8, 4) is 0 Å². The lowest BCUT2D eigenvalue weighted by atomic mass is 10.1. The molecular formula is C38H82N4O22S7. The molecule has 0 rings (SSSR count). The van der Waals surface area contributed by atoms with Crippen LogP contribution in [-0.2, 0) is 81.8 Å². The minimum atomic E-state index is -4.40. The fourth-order valence-electron chi connectivity index (χ4n) is 3.40. The Morgan fingerprint density at radius 1 is 0.563 bits per heavy atom. The molecule has 6 unspecified atom stereocenters. The van der Waals surface area contributed by atoms with Crippen molar-refractivity contribution in [2.45, 2.75) is 72.6 Å². The maximum Gasteiger partial charge on any atom is 1.00 e. The van der Waals surface area contributed by atoms with Crippen LogP contribution in [0.3, 0.4) is 0 Å². The standard InChI is InChI=1S/2C11H21NO4S2.C5H11NO5S.C5H11NO2S.C2H4O3.C2H4O2S.2CH4.H2O2/c2*1-5-8(10(13)15-3)6-17-18-7-9(12-2)11(14)16-4;1-6-4(5(7)11-2)3-12(8,9)10;1-6-4(3-9)5(7)8-2;1-2(3)5-4;3-2(4)1-5;;;1-2/h2*8-9,12H,5-7H2,1-4H3;4,6H,3H2,1-2H3,(H,8,9,10);4,6,9H,3H2,1-2H3;4H,1H3;5H,1H2,(H,3,4);2*1H4;1-2H. The van der Waals surface area contributed by atoms with Crippen LogP contribution in [0, 0.1) is 11.8 Å². The van der Waals surface area contributed by atoms with Crippen molar-refractivity contribution < 1.29 is 107 Å². The normalized spacial score (nSPS) is 12.0. The van der Waals surface area contributed by atoms with Crippen molar-refractivity contribution in [2.24, 2.45) is 11.8 Å². The van der Waals surface area contributed by atoms with Gasteiger partial charge in [0.1, 0.15) is 24.2 Å². The van der Waals surface area contributed by atoms with Crippen molar-refractivity contribution in [1.82, 2.24) is 21.3 Å². The molecular weight excluding hydrogens is 1090 g/mol. The number of aliphatic carboxylic acids is 1. The van der Waals surface area contributed by atoms with Gasteiger partial charge in [-0.1, -0.05) is 71.9 Å². The number of methoxy groups -OCH3 is 6. The topological polar surface area (TPSA) is 387 Å². The van der Waals surface area contributed by atoms with Gasteiger partial charge in [0.25, 0.3) is 0 Å². The zero-order valence-electron chi connectivity index (χ0n) is 41.9. The molecule has 8 N–H and O–H groups in total. The molecule has 0 saturated carbocycles. The summed E-state index contributed by atoms with van der Waals surface area (Å²) in [6.45, 7) is 5.02.